The summed E-state index contributed by atoms with van der Waals surface area (Å²) in [5.74, 6) is -2.02. The quantitative estimate of drug-likeness (QED) is 0.900. The van der Waals surface area contributed by atoms with Crippen LogP contribution in [-0.2, 0) is 5.54 Å². The van der Waals surface area contributed by atoms with Gasteiger partial charge in [0.2, 0.25) is 0 Å². The van der Waals surface area contributed by atoms with Crippen LogP contribution in [0, 0.1) is 17.5 Å². The van der Waals surface area contributed by atoms with Crippen LogP contribution in [0.4, 0.5) is 18.9 Å². The molecule has 0 radical (unpaired) electrons. The molecule has 0 aliphatic rings. The molecule has 0 aliphatic carbocycles. The van der Waals surface area contributed by atoms with Crippen molar-refractivity contribution in [3.8, 4) is 0 Å². The van der Waals surface area contributed by atoms with E-state index in [2.05, 4.69) is 5.32 Å². The predicted molar refractivity (Wildman–Crippen MR) is 70.8 cm³/mol. The van der Waals surface area contributed by atoms with E-state index >= 15 is 0 Å². The molecule has 0 saturated carbocycles. The van der Waals surface area contributed by atoms with Gasteiger partial charge in [-0.25, -0.2) is 13.2 Å². The van der Waals surface area contributed by atoms with Crippen LogP contribution < -0.4 is 5.32 Å². The third kappa shape index (κ3) is 2.93. The number of aliphatic hydroxyl groups is 1. The van der Waals surface area contributed by atoms with E-state index in [1.165, 1.54) is 25.1 Å². The van der Waals surface area contributed by atoms with Crippen molar-refractivity contribution in [1.29, 1.82) is 0 Å². The van der Waals surface area contributed by atoms with E-state index in [4.69, 9.17) is 0 Å². The lowest BCUT2D eigenvalue weighted by Crippen LogP contribution is -2.36. The van der Waals surface area contributed by atoms with Gasteiger partial charge in [0.25, 0.3) is 0 Å². The Morgan fingerprint density at radius 2 is 1.65 bits per heavy atom. The Balaban J connectivity index is 2.41. The lowest BCUT2D eigenvalue weighted by Gasteiger charge is -2.30. The van der Waals surface area contributed by atoms with Crippen LogP contribution in [0.2, 0.25) is 0 Å². The van der Waals surface area contributed by atoms with Crippen molar-refractivity contribution in [1.82, 2.24) is 0 Å². The lowest BCUT2D eigenvalue weighted by molar-refractivity contribution is 0.223. The van der Waals surface area contributed by atoms with Gasteiger partial charge in [0.15, 0.2) is 0 Å². The van der Waals surface area contributed by atoms with E-state index in [0.29, 0.717) is 0 Å². The fourth-order valence-electron chi connectivity index (χ4n) is 1.94. The van der Waals surface area contributed by atoms with Crippen LogP contribution in [-0.4, -0.2) is 11.7 Å². The van der Waals surface area contributed by atoms with Crippen molar-refractivity contribution in [3.05, 3.63) is 65.5 Å². The first-order chi connectivity index (χ1) is 9.44. The summed E-state index contributed by atoms with van der Waals surface area (Å²) in [6, 6.07) is 8.84. The highest BCUT2D eigenvalue weighted by Crippen LogP contribution is 2.28. The molecule has 0 heterocycles. The van der Waals surface area contributed by atoms with E-state index < -0.39 is 29.6 Å². The monoisotopic (exact) mass is 281 g/mol. The molecule has 2 aromatic carbocycles. The van der Waals surface area contributed by atoms with Crippen LogP contribution >= 0.6 is 0 Å². The van der Waals surface area contributed by atoms with Crippen molar-refractivity contribution in [3.63, 3.8) is 0 Å². The van der Waals surface area contributed by atoms with Gasteiger partial charge < -0.3 is 10.4 Å². The summed E-state index contributed by atoms with van der Waals surface area (Å²) in [4.78, 5) is 0. The topological polar surface area (TPSA) is 32.3 Å². The highest BCUT2D eigenvalue weighted by Gasteiger charge is 2.27. The highest BCUT2D eigenvalue weighted by molar-refractivity contribution is 5.49. The summed E-state index contributed by atoms with van der Waals surface area (Å²) >= 11 is 0. The average Bonchev–Trinajstić information content (AvgIpc) is 2.40. The maximum absolute atomic E-state index is 13.6. The first-order valence-corrected chi connectivity index (χ1v) is 6.05. The number of halogens is 3. The van der Waals surface area contributed by atoms with Gasteiger partial charge >= 0.3 is 0 Å². The first-order valence-electron chi connectivity index (χ1n) is 6.05. The number of nitrogens with one attached hydrogen (secondary N) is 1. The molecule has 106 valence electrons. The maximum atomic E-state index is 13.6. The Kier molecular flexibility index (Phi) is 3.99. The van der Waals surface area contributed by atoms with Gasteiger partial charge in [-0.1, -0.05) is 12.1 Å². The third-order valence-corrected chi connectivity index (χ3v) is 3.10. The first kappa shape index (κ1) is 14.4. The average molecular weight is 281 g/mol. The summed E-state index contributed by atoms with van der Waals surface area (Å²) in [5.41, 5.74) is -0.861. The van der Waals surface area contributed by atoms with Gasteiger partial charge in [-0.2, -0.15) is 0 Å². The van der Waals surface area contributed by atoms with Gasteiger partial charge in [-0.15, -0.1) is 0 Å². The van der Waals surface area contributed by atoms with E-state index in [-0.39, 0.29) is 11.3 Å². The van der Waals surface area contributed by atoms with Crippen LogP contribution in [0.25, 0.3) is 0 Å². The Hall–Kier alpha value is -2.01. The molecular weight excluding hydrogens is 267 g/mol. The number of hydrogen-bond donors (Lipinski definition) is 2. The number of anilines is 1. The van der Waals surface area contributed by atoms with Gasteiger partial charge in [0.1, 0.15) is 17.5 Å². The minimum atomic E-state index is -1.20. The van der Waals surface area contributed by atoms with Crippen LogP contribution in [0.5, 0.6) is 0 Å². The van der Waals surface area contributed by atoms with Crippen molar-refractivity contribution in [2.24, 2.45) is 0 Å². The van der Waals surface area contributed by atoms with Crippen molar-refractivity contribution in [2.45, 2.75) is 12.5 Å². The smallest absolute Gasteiger partial charge is 0.146 e. The van der Waals surface area contributed by atoms with E-state index in [0.717, 1.165) is 18.2 Å². The number of aliphatic hydroxyl groups excluding tert-OH is 1. The zero-order valence-corrected chi connectivity index (χ0v) is 10.8. The number of hydrogen-bond acceptors (Lipinski definition) is 2. The van der Waals surface area contributed by atoms with E-state index in [1.807, 2.05) is 0 Å². The highest BCUT2D eigenvalue weighted by atomic mass is 19.1. The van der Waals surface area contributed by atoms with Gasteiger partial charge in [0.05, 0.1) is 17.8 Å². The predicted octanol–water partition coefficient (Wildman–Crippen LogP) is 3.42. The SMILES string of the molecule is CC(CO)(Nc1ccccc1F)c1cc(F)cc(F)c1. The second kappa shape index (κ2) is 5.54. The summed E-state index contributed by atoms with van der Waals surface area (Å²) in [5, 5.41) is 12.3. The number of rotatable bonds is 4. The fourth-order valence-corrected chi connectivity index (χ4v) is 1.94. The molecule has 2 rings (SSSR count). The van der Waals surface area contributed by atoms with Crippen LogP contribution in [0.1, 0.15) is 12.5 Å². The molecule has 0 spiro atoms. The molecule has 0 amide bonds. The molecule has 0 saturated heterocycles. The summed E-state index contributed by atoms with van der Waals surface area (Å²) in [6.45, 7) is 1.08. The zero-order valence-electron chi connectivity index (χ0n) is 10.8. The minimum Gasteiger partial charge on any atom is -0.394 e. The number of benzene rings is 2. The molecule has 2 nitrogen and oxygen atoms in total. The van der Waals surface area contributed by atoms with Crippen molar-refractivity contribution in [2.75, 3.05) is 11.9 Å². The standard InChI is InChI=1S/C15H14F3NO/c1-15(9-20,10-6-11(16)8-12(17)7-10)19-14-5-3-2-4-13(14)18/h2-8,19-20H,9H2,1H3. The van der Waals surface area contributed by atoms with E-state index in [1.54, 1.807) is 6.07 Å². The summed E-state index contributed by atoms with van der Waals surface area (Å²) in [6.07, 6.45) is 0. The van der Waals surface area contributed by atoms with Gasteiger partial charge in [0, 0.05) is 6.07 Å². The second-order valence-electron chi connectivity index (χ2n) is 4.75. The summed E-state index contributed by atoms with van der Waals surface area (Å²) < 4.78 is 40.2. The molecular formula is C15H14F3NO. The Morgan fingerprint density at radius 3 is 2.20 bits per heavy atom. The second-order valence-corrected chi connectivity index (χ2v) is 4.75. The third-order valence-electron chi connectivity index (χ3n) is 3.10. The molecule has 5 heteroatoms. The normalized spacial score (nSPS) is 13.8. The van der Waals surface area contributed by atoms with Crippen LogP contribution in [0.3, 0.4) is 0 Å². The molecule has 1 atom stereocenters. The number of para-hydroxylation sites is 1. The minimum absolute atomic E-state index is 0.147. The Bertz CT molecular complexity index is 598. The van der Waals surface area contributed by atoms with Crippen LogP contribution in [0.15, 0.2) is 42.5 Å². The molecule has 0 aromatic heterocycles. The van der Waals surface area contributed by atoms with Crippen molar-refractivity contribution >= 4 is 5.69 Å². The van der Waals surface area contributed by atoms with E-state index in [9.17, 15) is 18.3 Å². The van der Waals surface area contributed by atoms with Crippen molar-refractivity contribution < 1.29 is 18.3 Å². The molecule has 1 unspecified atom stereocenters. The molecule has 2 aromatic rings. The fraction of sp³-hybridized carbons (Fsp3) is 0.200. The van der Waals surface area contributed by atoms with Gasteiger partial charge in [-0.3, -0.25) is 0 Å². The molecule has 2 N–H and O–H groups in total. The molecule has 20 heavy (non-hydrogen) atoms. The summed E-state index contributed by atoms with van der Waals surface area (Å²) in [7, 11) is 0. The maximum Gasteiger partial charge on any atom is 0.146 e. The van der Waals surface area contributed by atoms with Gasteiger partial charge in [-0.05, 0) is 36.8 Å². The zero-order chi connectivity index (χ0) is 14.8. The molecule has 0 fully saturated rings. The largest absolute Gasteiger partial charge is 0.394 e. The Morgan fingerprint density at radius 1 is 1.05 bits per heavy atom. The lowest BCUT2D eigenvalue weighted by atomic mass is 9.92. The Labute approximate surface area is 114 Å². The molecule has 0 bridgehead atoms. The molecule has 0 aliphatic heterocycles.